The van der Waals surface area contributed by atoms with Crippen molar-refractivity contribution >= 4 is 27.5 Å². The molecule has 1 N–H and O–H groups in total. The van der Waals surface area contributed by atoms with Crippen LogP contribution in [0.15, 0.2) is 50.3 Å². The lowest BCUT2D eigenvalue weighted by Gasteiger charge is -2.31. The van der Waals surface area contributed by atoms with E-state index in [4.69, 9.17) is 13.6 Å². The molecule has 1 amide bonds. The van der Waals surface area contributed by atoms with Crippen LogP contribution >= 0.6 is 0 Å². The van der Waals surface area contributed by atoms with Gasteiger partial charge in [0.25, 0.3) is 5.89 Å². The number of nitriles is 1. The summed E-state index contributed by atoms with van der Waals surface area (Å²) in [5.74, 6) is 0.801. The lowest BCUT2D eigenvalue weighted by Crippen LogP contribution is -2.38. The molecule has 12 heteroatoms. The SMILES string of the molecule is COc1ccc(S(=O)(=O)N(C)C)cc1NC(=O)C1CCN(c2oc(-c3ccco3)nc2C#N)CC1. The molecule has 3 heterocycles. The standard InChI is InChI=1S/C23H25N5O6S/c1-27(2)35(30,31)16-6-7-19(32-3)17(13-16)25-21(29)15-8-10-28(11-9-15)23-18(14-24)26-22(34-23)20-5-4-12-33-20/h4-7,12-13,15H,8-11H2,1-3H3,(H,25,29). The smallest absolute Gasteiger partial charge is 0.266 e. The number of hydrogen-bond donors (Lipinski definition) is 1. The van der Waals surface area contributed by atoms with Crippen LogP contribution in [0, 0.1) is 17.2 Å². The van der Waals surface area contributed by atoms with Gasteiger partial charge in [0.2, 0.25) is 27.5 Å². The van der Waals surface area contributed by atoms with E-state index in [2.05, 4.69) is 10.3 Å². The van der Waals surface area contributed by atoms with Crippen LogP contribution < -0.4 is 15.0 Å². The number of amides is 1. The van der Waals surface area contributed by atoms with Gasteiger partial charge in [-0.25, -0.2) is 12.7 Å². The van der Waals surface area contributed by atoms with E-state index in [0.29, 0.717) is 43.3 Å². The van der Waals surface area contributed by atoms with Crippen molar-refractivity contribution in [3.63, 3.8) is 0 Å². The summed E-state index contributed by atoms with van der Waals surface area (Å²) < 4.78 is 42.5. The van der Waals surface area contributed by atoms with Crippen LogP contribution in [0.3, 0.4) is 0 Å². The second-order valence-corrected chi connectivity index (χ2v) is 10.3. The maximum atomic E-state index is 13.0. The van der Waals surface area contributed by atoms with Crippen LogP contribution in [0.5, 0.6) is 5.75 Å². The maximum Gasteiger partial charge on any atom is 0.266 e. The van der Waals surface area contributed by atoms with E-state index in [1.165, 1.54) is 45.7 Å². The van der Waals surface area contributed by atoms with E-state index in [0.717, 1.165) is 4.31 Å². The average Bonchev–Trinajstić information content (AvgIpc) is 3.54. The highest BCUT2D eigenvalue weighted by molar-refractivity contribution is 7.89. The van der Waals surface area contributed by atoms with Crippen LogP contribution in [0.4, 0.5) is 11.6 Å². The van der Waals surface area contributed by atoms with Gasteiger partial charge >= 0.3 is 0 Å². The number of carbonyl (C=O) groups is 1. The van der Waals surface area contributed by atoms with Crippen LogP contribution in [-0.4, -0.2) is 57.9 Å². The molecule has 1 aromatic carbocycles. The summed E-state index contributed by atoms with van der Waals surface area (Å²) in [6.07, 6.45) is 2.51. The molecule has 0 radical (unpaired) electrons. The van der Waals surface area contributed by atoms with Crippen molar-refractivity contribution in [2.75, 3.05) is 44.5 Å². The quantitative estimate of drug-likeness (QED) is 0.519. The Hall–Kier alpha value is -3.82. The molecule has 0 bridgehead atoms. The second kappa shape index (κ2) is 9.81. The Balaban J connectivity index is 1.46. The minimum Gasteiger partial charge on any atom is -0.495 e. The van der Waals surface area contributed by atoms with Gasteiger partial charge in [0.05, 0.1) is 24.0 Å². The molecule has 0 saturated carbocycles. The average molecular weight is 500 g/mol. The van der Waals surface area contributed by atoms with Crippen molar-refractivity contribution in [3.8, 4) is 23.5 Å². The monoisotopic (exact) mass is 499 g/mol. The van der Waals surface area contributed by atoms with Gasteiger partial charge in [-0.15, -0.1) is 0 Å². The second-order valence-electron chi connectivity index (χ2n) is 8.16. The van der Waals surface area contributed by atoms with Gasteiger partial charge < -0.3 is 23.8 Å². The molecule has 0 unspecified atom stereocenters. The highest BCUT2D eigenvalue weighted by Crippen LogP contribution is 2.33. The molecule has 1 saturated heterocycles. The number of rotatable bonds is 7. The lowest BCUT2D eigenvalue weighted by atomic mass is 9.95. The Labute approximate surface area is 202 Å². The first-order chi connectivity index (χ1) is 16.7. The Morgan fingerprint density at radius 1 is 1.29 bits per heavy atom. The Morgan fingerprint density at radius 2 is 2.03 bits per heavy atom. The zero-order valence-electron chi connectivity index (χ0n) is 19.5. The molecular weight excluding hydrogens is 474 g/mol. The van der Waals surface area contributed by atoms with Gasteiger partial charge in [-0.2, -0.15) is 10.2 Å². The molecule has 4 rings (SSSR count). The number of nitrogens with one attached hydrogen (secondary N) is 1. The summed E-state index contributed by atoms with van der Waals surface area (Å²) in [5, 5.41) is 12.3. The number of benzene rings is 1. The molecule has 0 spiro atoms. The van der Waals surface area contributed by atoms with Gasteiger partial charge in [-0.3, -0.25) is 4.79 Å². The number of piperidine rings is 1. The fraction of sp³-hybridized carbons (Fsp3) is 0.348. The minimum absolute atomic E-state index is 0.0510. The first kappa shape index (κ1) is 24.3. The third kappa shape index (κ3) is 4.87. The zero-order chi connectivity index (χ0) is 25.2. The highest BCUT2D eigenvalue weighted by atomic mass is 32.2. The summed E-state index contributed by atoms with van der Waals surface area (Å²) in [6.45, 7) is 0.956. The molecule has 0 atom stereocenters. The Bertz CT molecular complexity index is 1350. The van der Waals surface area contributed by atoms with Crippen LogP contribution in [0.2, 0.25) is 0 Å². The van der Waals surface area contributed by atoms with E-state index in [-0.39, 0.29) is 34.0 Å². The third-order valence-electron chi connectivity index (χ3n) is 5.81. The molecule has 1 fully saturated rings. The summed E-state index contributed by atoms with van der Waals surface area (Å²) in [4.78, 5) is 19.2. The first-order valence-electron chi connectivity index (χ1n) is 10.9. The number of hydrogen-bond acceptors (Lipinski definition) is 9. The summed E-state index contributed by atoms with van der Waals surface area (Å²) in [5.41, 5.74) is 0.441. The van der Waals surface area contributed by atoms with Crippen molar-refractivity contribution in [1.82, 2.24) is 9.29 Å². The van der Waals surface area contributed by atoms with E-state index in [1.807, 2.05) is 11.0 Å². The van der Waals surface area contributed by atoms with Crippen molar-refractivity contribution in [3.05, 3.63) is 42.3 Å². The molecule has 11 nitrogen and oxygen atoms in total. The predicted molar refractivity (Wildman–Crippen MR) is 126 cm³/mol. The Morgan fingerprint density at radius 3 is 2.63 bits per heavy atom. The number of aromatic nitrogens is 1. The van der Waals surface area contributed by atoms with Gasteiger partial charge in [0.1, 0.15) is 11.8 Å². The van der Waals surface area contributed by atoms with Crippen LogP contribution in [0.25, 0.3) is 11.7 Å². The number of carbonyl (C=O) groups excluding carboxylic acids is 1. The first-order valence-corrected chi connectivity index (χ1v) is 12.3. The topological polar surface area (TPSA) is 142 Å². The van der Waals surface area contributed by atoms with Crippen molar-refractivity contribution in [1.29, 1.82) is 5.26 Å². The van der Waals surface area contributed by atoms with E-state index >= 15 is 0 Å². The van der Waals surface area contributed by atoms with Gasteiger partial charge in [0, 0.05) is 33.1 Å². The molecule has 3 aromatic rings. The van der Waals surface area contributed by atoms with Crippen molar-refractivity contribution in [2.24, 2.45) is 5.92 Å². The summed E-state index contributed by atoms with van der Waals surface area (Å²) in [6, 6.07) is 9.79. The van der Waals surface area contributed by atoms with Gasteiger partial charge in [-0.1, -0.05) is 0 Å². The van der Waals surface area contributed by atoms with Crippen molar-refractivity contribution in [2.45, 2.75) is 17.7 Å². The fourth-order valence-electron chi connectivity index (χ4n) is 3.84. The normalized spacial score (nSPS) is 14.7. The highest BCUT2D eigenvalue weighted by Gasteiger charge is 2.30. The number of ether oxygens (including phenoxy) is 1. The predicted octanol–water partition coefficient (Wildman–Crippen LogP) is 2.92. The number of sulfonamides is 1. The van der Waals surface area contributed by atoms with Crippen LogP contribution in [-0.2, 0) is 14.8 Å². The van der Waals surface area contributed by atoms with E-state index < -0.39 is 10.0 Å². The summed E-state index contributed by atoms with van der Waals surface area (Å²) in [7, 11) is 0.655. The molecule has 184 valence electrons. The number of nitrogens with zero attached hydrogens (tertiary/aromatic N) is 4. The van der Waals surface area contributed by atoms with Gasteiger partial charge in [0.15, 0.2) is 5.76 Å². The number of oxazole rings is 1. The lowest BCUT2D eigenvalue weighted by molar-refractivity contribution is -0.120. The van der Waals surface area contributed by atoms with Crippen molar-refractivity contribution < 1.29 is 26.8 Å². The zero-order valence-corrected chi connectivity index (χ0v) is 20.3. The molecule has 1 aliphatic rings. The van der Waals surface area contributed by atoms with E-state index in [1.54, 1.807) is 12.1 Å². The van der Waals surface area contributed by atoms with Gasteiger partial charge in [-0.05, 0) is 43.2 Å². The molecular formula is C23H25N5O6S. The third-order valence-corrected chi connectivity index (χ3v) is 7.62. The maximum absolute atomic E-state index is 13.0. The number of anilines is 2. The summed E-state index contributed by atoms with van der Waals surface area (Å²) >= 11 is 0. The molecule has 2 aromatic heterocycles. The molecule has 1 aliphatic heterocycles. The largest absolute Gasteiger partial charge is 0.495 e. The van der Waals surface area contributed by atoms with E-state index in [9.17, 15) is 18.5 Å². The number of methoxy groups -OCH3 is 1. The minimum atomic E-state index is -3.67. The fourth-order valence-corrected chi connectivity index (χ4v) is 4.77. The molecule has 35 heavy (non-hydrogen) atoms. The van der Waals surface area contributed by atoms with Crippen LogP contribution in [0.1, 0.15) is 18.5 Å². The Kier molecular flexibility index (Phi) is 6.81. The number of furan rings is 1. The molecule has 0 aliphatic carbocycles.